The molecule has 0 aromatic heterocycles. The van der Waals surface area contributed by atoms with Crippen molar-refractivity contribution in [3.63, 3.8) is 0 Å². The van der Waals surface area contributed by atoms with Gasteiger partial charge in [-0.25, -0.2) is 0 Å². The quantitative estimate of drug-likeness (QED) is 0.713. The fraction of sp³-hybridized carbons (Fsp3) is 0.308. The van der Waals surface area contributed by atoms with Crippen molar-refractivity contribution in [1.82, 2.24) is 4.90 Å². The van der Waals surface area contributed by atoms with Gasteiger partial charge in [0.05, 0.1) is 12.1 Å². The number of ether oxygens (including phenoxy) is 1. The molecule has 0 unspecified atom stereocenters. The van der Waals surface area contributed by atoms with Crippen LogP contribution in [0.5, 0.6) is 5.75 Å². The van der Waals surface area contributed by atoms with Crippen molar-refractivity contribution in [2.45, 2.75) is 12.7 Å². The minimum Gasteiger partial charge on any atom is -0.497 e. The highest BCUT2D eigenvalue weighted by Crippen LogP contribution is 2.26. The van der Waals surface area contributed by atoms with E-state index in [2.05, 4.69) is 22.5 Å². The number of rotatable bonds is 5. The summed E-state index contributed by atoms with van der Waals surface area (Å²) in [4.78, 5) is 12.3. The molecular formula is C13H12BrClF3NO2. The molecule has 0 aliphatic heterocycles. The first-order valence-electron chi connectivity index (χ1n) is 5.67. The molecule has 1 amide bonds. The SMILES string of the molecule is C=C(Cl)C(=O)N(Cc1cc(OC)ccc1Br)CC(F)(F)F. The molecule has 0 spiro atoms. The number of carbonyl (C=O) groups is 1. The number of amides is 1. The number of hydrogen-bond donors (Lipinski definition) is 0. The summed E-state index contributed by atoms with van der Waals surface area (Å²) in [7, 11) is 1.44. The average Bonchev–Trinajstić information content (AvgIpc) is 2.37. The average molecular weight is 387 g/mol. The highest BCUT2D eigenvalue weighted by Gasteiger charge is 2.33. The lowest BCUT2D eigenvalue weighted by Crippen LogP contribution is -2.38. The van der Waals surface area contributed by atoms with Gasteiger partial charge in [-0.15, -0.1) is 0 Å². The van der Waals surface area contributed by atoms with Crippen molar-refractivity contribution in [3.8, 4) is 5.75 Å². The molecule has 0 aliphatic rings. The molecule has 8 heteroatoms. The van der Waals surface area contributed by atoms with Crippen molar-refractivity contribution in [2.24, 2.45) is 0 Å². The monoisotopic (exact) mass is 385 g/mol. The molecule has 3 nitrogen and oxygen atoms in total. The number of hydrogen-bond acceptors (Lipinski definition) is 2. The third-order valence-corrected chi connectivity index (χ3v) is 3.44. The zero-order chi connectivity index (χ0) is 16.2. The molecule has 0 aliphatic carbocycles. The first kappa shape index (κ1) is 17.8. The lowest BCUT2D eigenvalue weighted by Gasteiger charge is -2.24. The van der Waals surface area contributed by atoms with E-state index in [-0.39, 0.29) is 6.54 Å². The maximum absolute atomic E-state index is 12.6. The van der Waals surface area contributed by atoms with Crippen molar-refractivity contribution in [2.75, 3.05) is 13.7 Å². The number of benzene rings is 1. The van der Waals surface area contributed by atoms with Gasteiger partial charge >= 0.3 is 6.18 Å². The van der Waals surface area contributed by atoms with E-state index in [1.54, 1.807) is 12.1 Å². The molecule has 21 heavy (non-hydrogen) atoms. The predicted octanol–water partition coefficient (Wildman–Crippen LogP) is 4.10. The van der Waals surface area contributed by atoms with Gasteiger partial charge in [0, 0.05) is 11.0 Å². The Morgan fingerprint density at radius 2 is 2.10 bits per heavy atom. The van der Waals surface area contributed by atoms with E-state index in [4.69, 9.17) is 16.3 Å². The molecule has 1 rings (SSSR count). The third-order valence-electron chi connectivity index (χ3n) is 2.50. The topological polar surface area (TPSA) is 29.5 Å². The number of carbonyl (C=O) groups excluding carboxylic acids is 1. The van der Waals surface area contributed by atoms with E-state index in [0.717, 1.165) is 0 Å². The molecule has 0 saturated heterocycles. The zero-order valence-corrected chi connectivity index (χ0v) is 13.3. The summed E-state index contributed by atoms with van der Waals surface area (Å²) in [6, 6.07) is 4.81. The standard InChI is InChI=1S/C13H12BrClF3NO2/c1-8(15)12(20)19(7-13(16,17)18)6-9-5-10(21-2)3-4-11(9)14/h3-5H,1,6-7H2,2H3. The van der Waals surface area contributed by atoms with Crippen molar-refractivity contribution in [1.29, 1.82) is 0 Å². The van der Waals surface area contributed by atoms with E-state index in [0.29, 0.717) is 20.7 Å². The van der Waals surface area contributed by atoms with Crippen LogP contribution in [0.2, 0.25) is 0 Å². The third kappa shape index (κ3) is 5.59. The highest BCUT2D eigenvalue weighted by molar-refractivity contribution is 9.10. The summed E-state index contributed by atoms with van der Waals surface area (Å²) >= 11 is 8.65. The molecule has 116 valence electrons. The number of methoxy groups -OCH3 is 1. The molecule has 0 heterocycles. The van der Waals surface area contributed by atoms with Crippen LogP contribution in [0.1, 0.15) is 5.56 Å². The maximum Gasteiger partial charge on any atom is 0.406 e. The van der Waals surface area contributed by atoms with Crippen molar-refractivity contribution >= 4 is 33.4 Å². The first-order valence-corrected chi connectivity index (χ1v) is 6.84. The van der Waals surface area contributed by atoms with Gasteiger partial charge in [-0.05, 0) is 23.8 Å². The molecule has 1 aromatic rings. The number of alkyl halides is 3. The van der Waals surface area contributed by atoms with Crippen LogP contribution in [0.3, 0.4) is 0 Å². The van der Waals surface area contributed by atoms with Gasteiger partial charge in [0.2, 0.25) is 0 Å². The van der Waals surface area contributed by atoms with Crippen molar-refractivity contribution < 1.29 is 22.7 Å². The Balaban J connectivity index is 3.06. The maximum atomic E-state index is 12.6. The van der Waals surface area contributed by atoms with Crippen LogP contribution in [0.4, 0.5) is 13.2 Å². The summed E-state index contributed by atoms with van der Waals surface area (Å²) in [5.74, 6) is -0.499. The Labute approximate surface area is 133 Å². The van der Waals surface area contributed by atoms with Gasteiger partial charge in [0.1, 0.15) is 12.3 Å². The summed E-state index contributed by atoms with van der Waals surface area (Å²) in [6.45, 7) is 1.48. The minimum absolute atomic E-state index is 0.276. The van der Waals surface area contributed by atoms with Gasteiger partial charge in [-0.1, -0.05) is 34.1 Å². The second-order valence-corrected chi connectivity index (χ2v) is 5.45. The van der Waals surface area contributed by atoms with E-state index in [9.17, 15) is 18.0 Å². The van der Waals surface area contributed by atoms with Gasteiger partial charge < -0.3 is 9.64 Å². The second-order valence-electron chi connectivity index (χ2n) is 4.14. The number of halogens is 5. The lowest BCUT2D eigenvalue weighted by molar-refractivity contribution is -0.159. The zero-order valence-electron chi connectivity index (χ0n) is 11.0. The van der Waals surface area contributed by atoms with Gasteiger partial charge in [-0.3, -0.25) is 4.79 Å². The van der Waals surface area contributed by atoms with E-state index >= 15 is 0 Å². The first-order chi connectivity index (χ1) is 9.64. The minimum atomic E-state index is -4.53. The van der Waals surface area contributed by atoms with Crippen LogP contribution in [0.15, 0.2) is 34.3 Å². The van der Waals surface area contributed by atoms with E-state index in [1.165, 1.54) is 13.2 Å². The molecule has 0 atom stereocenters. The van der Waals surface area contributed by atoms with Crippen LogP contribution < -0.4 is 4.74 Å². The second kappa shape index (κ2) is 7.17. The van der Waals surface area contributed by atoms with Crippen LogP contribution in [-0.4, -0.2) is 30.6 Å². The fourth-order valence-electron chi connectivity index (χ4n) is 1.59. The summed E-state index contributed by atoms with van der Waals surface area (Å²) in [5.41, 5.74) is 0.463. The lowest BCUT2D eigenvalue weighted by atomic mass is 10.2. The van der Waals surface area contributed by atoms with Crippen molar-refractivity contribution in [3.05, 3.63) is 39.8 Å². The Morgan fingerprint density at radius 1 is 1.48 bits per heavy atom. The van der Waals surface area contributed by atoms with Crippen LogP contribution in [0, 0.1) is 0 Å². The summed E-state index contributed by atoms with van der Waals surface area (Å²) < 4.78 is 43.3. The normalized spacial score (nSPS) is 11.1. The Hall–Kier alpha value is -1.21. The van der Waals surface area contributed by atoms with Gasteiger partial charge in [0.15, 0.2) is 0 Å². The molecule has 0 fully saturated rings. The largest absolute Gasteiger partial charge is 0.497 e. The fourth-order valence-corrected chi connectivity index (χ4v) is 2.08. The van der Waals surface area contributed by atoms with Gasteiger partial charge in [0.25, 0.3) is 5.91 Å². The molecule has 0 N–H and O–H groups in total. The van der Waals surface area contributed by atoms with Crippen LogP contribution in [-0.2, 0) is 11.3 Å². The Morgan fingerprint density at radius 3 is 2.57 bits per heavy atom. The Bertz CT molecular complexity index is 549. The van der Waals surface area contributed by atoms with Crippen LogP contribution >= 0.6 is 27.5 Å². The Kier molecular flexibility index (Phi) is 6.10. The highest BCUT2D eigenvalue weighted by atomic mass is 79.9. The number of nitrogens with zero attached hydrogens (tertiary/aromatic N) is 1. The summed E-state index contributed by atoms with van der Waals surface area (Å²) in [5, 5.41) is -0.474. The van der Waals surface area contributed by atoms with E-state index in [1.807, 2.05) is 0 Å². The molecular weight excluding hydrogens is 374 g/mol. The van der Waals surface area contributed by atoms with Gasteiger partial charge in [-0.2, -0.15) is 13.2 Å². The predicted molar refractivity (Wildman–Crippen MR) is 77.2 cm³/mol. The molecule has 0 saturated carbocycles. The van der Waals surface area contributed by atoms with E-state index < -0.39 is 23.7 Å². The molecule has 1 aromatic carbocycles. The molecule has 0 radical (unpaired) electrons. The molecule has 0 bridgehead atoms. The van der Waals surface area contributed by atoms with Crippen LogP contribution in [0.25, 0.3) is 0 Å². The smallest absolute Gasteiger partial charge is 0.406 e. The summed E-state index contributed by atoms with van der Waals surface area (Å²) in [6.07, 6.45) is -4.53.